The molecule has 0 bridgehead atoms. The van der Waals surface area contributed by atoms with Gasteiger partial charge in [0, 0.05) is 64.7 Å². The number of amides is 2. The number of unbranched alkanes of at least 4 members (excludes halogenated alkanes) is 22. The Hall–Kier alpha value is -1.38. The molecular weight excluding hydrogens is 669 g/mol. The summed E-state index contributed by atoms with van der Waals surface area (Å²) in [5.74, 6) is -2.05. The Morgan fingerprint density at radius 2 is 0.647 bits per heavy atom. The van der Waals surface area contributed by atoms with Crippen LogP contribution in [0.2, 0.25) is 0 Å². The maximum atomic E-state index is 11.7. The summed E-state index contributed by atoms with van der Waals surface area (Å²) in [5, 5.41) is 17.3. The van der Waals surface area contributed by atoms with Gasteiger partial charge in [0.2, 0.25) is 11.8 Å². The Labute approximate surface area is 343 Å². The van der Waals surface area contributed by atoms with Crippen LogP contribution in [-0.2, 0) is 19.2 Å². The first kappa shape index (κ1) is 54.0. The third kappa shape index (κ3) is 44.7. The molecule has 2 N–H and O–H groups in total. The number of allylic oxidation sites excluding steroid dienone is 4. The van der Waals surface area contributed by atoms with Gasteiger partial charge in [-0.25, -0.2) is 0 Å². The van der Waals surface area contributed by atoms with Crippen molar-refractivity contribution in [3.63, 3.8) is 0 Å². The Balaban J connectivity index is -0.000000886. The number of hydrogen-bond donors (Lipinski definition) is 2. The van der Waals surface area contributed by atoms with Gasteiger partial charge in [0.05, 0.1) is 0 Å². The van der Waals surface area contributed by atoms with E-state index in [1.807, 2.05) is 0 Å². The Morgan fingerprint density at radius 3 is 0.902 bits per heavy atom. The second kappa shape index (κ2) is 43.0. The fourth-order valence-corrected chi connectivity index (χ4v) is 5.66. The summed E-state index contributed by atoms with van der Waals surface area (Å²) >= 11 is 0. The maximum Gasteiger partial charge on any atom is 0.323 e. The number of carboxylic acid groups (broad SMARTS) is 2. The van der Waals surface area contributed by atoms with Gasteiger partial charge in [-0.15, -0.1) is 0 Å². The summed E-state index contributed by atoms with van der Waals surface area (Å²) in [6.45, 7) is 4.10. The molecule has 294 valence electrons. The maximum absolute atomic E-state index is 11.7. The standard InChI is InChI=1S/2C21H39NO3.Ca/c2*1-3-4-5-6-7-8-9-10-11-12-13-14-15-16-17-18-20(23)22(2)19-21(24)25;/h2*10-11H,3-9,12-19H2,1-2H3,(H,24,25);/b2*11-10-;. The van der Waals surface area contributed by atoms with Gasteiger partial charge in [0.25, 0.3) is 0 Å². The van der Waals surface area contributed by atoms with E-state index >= 15 is 0 Å². The van der Waals surface area contributed by atoms with Gasteiger partial charge in [-0.3, -0.25) is 19.2 Å². The van der Waals surface area contributed by atoms with Crippen molar-refractivity contribution < 1.29 is 29.4 Å². The van der Waals surface area contributed by atoms with Crippen LogP contribution in [0.4, 0.5) is 0 Å². The monoisotopic (exact) mass is 747 g/mol. The zero-order chi connectivity index (χ0) is 37.5. The number of hydrogen-bond acceptors (Lipinski definition) is 4. The number of carbonyl (C=O) groups is 4. The number of likely N-dealkylation sites (N-methyl/N-ethyl adjacent to an activating group) is 2. The van der Waals surface area contributed by atoms with E-state index in [4.69, 9.17) is 10.2 Å². The van der Waals surface area contributed by atoms with Crippen LogP contribution in [0.1, 0.15) is 194 Å². The number of carbonyl (C=O) groups excluding carboxylic acids is 2. The molecule has 0 aliphatic heterocycles. The molecule has 9 heteroatoms. The van der Waals surface area contributed by atoms with Crippen molar-refractivity contribution in [1.29, 1.82) is 0 Å². The van der Waals surface area contributed by atoms with Gasteiger partial charge in [0.15, 0.2) is 0 Å². The SMILES string of the molecule is CCCCCCCC/C=C\CCCCCCCC(=O)N(C)CC(=O)O.CCCCCCCC/C=C\CCCCCCCC(=O)N(C)CC(=O)O.[Ca]. The summed E-state index contributed by atoms with van der Waals surface area (Å²) in [7, 11) is 3.10. The molecule has 0 rings (SSSR count). The molecule has 0 aromatic carbocycles. The van der Waals surface area contributed by atoms with Crippen LogP contribution in [0.3, 0.4) is 0 Å². The van der Waals surface area contributed by atoms with Gasteiger partial charge < -0.3 is 20.0 Å². The smallest absolute Gasteiger partial charge is 0.323 e. The van der Waals surface area contributed by atoms with E-state index in [2.05, 4.69) is 38.2 Å². The first-order valence-corrected chi connectivity index (χ1v) is 20.4. The summed E-state index contributed by atoms with van der Waals surface area (Å²) in [6, 6.07) is 0. The van der Waals surface area contributed by atoms with Gasteiger partial charge in [-0.2, -0.15) is 0 Å². The molecule has 0 saturated heterocycles. The van der Waals surface area contributed by atoms with Crippen LogP contribution in [-0.4, -0.2) is 109 Å². The van der Waals surface area contributed by atoms with Crippen LogP contribution in [0.15, 0.2) is 24.3 Å². The fourth-order valence-electron chi connectivity index (χ4n) is 5.66. The average Bonchev–Trinajstić information content (AvgIpc) is 3.07. The van der Waals surface area contributed by atoms with E-state index < -0.39 is 11.9 Å². The Morgan fingerprint density at radius 1 is 0.412 bits per heavy atom. The molecule has 0 saturated carbocycles. The largest absolute Gasteiger partial charge is 0.480 e. The quantitative estimate of drug-likeness (QED) is 0.0385. The van der Waals surface area contributed by atoms with Crippen molar-refractivity contribution in [3.05, 3.63) is 24.3 Å². The average molecular weight is 747 g/mol. The summed E-state index contributed by atoms with van der Waals surface area (Å²) < 4.78 is 0. The summed E-state index contributed by atoms with van der Waals surface area (Å²) in [5.41, 5.74) is 0. The molecule has 0 heterocycles. The van der Waals surface area contributed by atoms with E-state index in [0.717, 1.165) is 51.4 Å². The van der Waals surface area contributed by atoms with Crippen LogP contribution >= 0.6 is 0 Å². The van der Waals surface area contributed by atoms with Crippen molar-refractivity contribution >= 4 is 61.5 Å². The third-order valence-corrected chi connectivity index (χ3v) is 8.90. The predicted octanol–water partition coefficient (Wildman–Crippen LogP) is 10.8. The van der Waals surface area contributed by atoms with Crippen molar-refractivity contribution in [3.8, 4) is 0 Å². The van der Waals surface area contributed by atoms with Crippen molar-refractivity contribution in [2.24, 2.45) is 0 Å². The van der Waals surface area contributed by atoms with Crippen LogP contribution in [0.5, 0.6) is 0 Å². The molecule has 0 atom stereocenters. The van der Waals surface area contributed by atoms with Crippen LogP contribution < -0.4 is 0 Å². The Bertz CT molecular complexity index is 809. The van der Waals surface area contributed by atoms with Crippen molar-refractivity contribution in [2.45, 2.75) is 194 Å². The van der Waals surface area contributed by atoms with Crippen LogP contribution in [0, 0.1) is 0 Å². The molecule has 0 fully saturated rings. The van der Waals surface area contributed by atoms with E-state index in [9.17, 15) is 19.2 Å². The number of carboxylic acids is 2. The second-order valence-corrected chi connectivity index (χ2v) is 14.0. The minimum Gasteiger partial charge on any atom is -0.480 e. The zero-order valence-corrected chi connectivity index (χ0v) is 35.9. The molecule has 0 unspecified atom stereocenters. The van der Waals surface area contributed by atoms with E-state index in [1.165, 1.54) is 125 Å². The first-order valence-electron chi connectivity index (χ1n) is 20.4. The van der Waals surface area contributed by atoms with Crippen LogP contribution in [0.25, 0.3) is 0 Å². The van der Waals surface area contributed by atoms with E-state index in [1.54, 1.807) is 14.1 Å². The minimum absolute atomic E-state index is 0. The topological polar surface area (TPSA) is 115 Å². The third-order valence-electron chi connectivity index (χ3n) is 8.90. The molecule has 2 amide bonds. The Kier molecular flexibility index (Phi) is 45.5. The molecule has 0 aliphatic carbocycles. The zero-order valence-electron chi connectivity index (χ0n) is 33.7. The normalized spacial score (nSPS) is 10.9. The first-order chi connectivity index (χ1) is 24.1. The molecule has 0 spiro atoms. The van der Waals surface area contributed by atoms with Crippen molar-refractivity contribution in [1.82, 2.24) is 9.80 Å². The van der Waals surface area contributed by atoms with Gasteiger partial charge >= 0.3 is 11.9 Å². The molecule has 8 nitrogen and oxygen atoms in total. The number of aliphatic carboxylic acids is 2. The van der Waals surface area contributed by atoms with E-state index in [-0.39, 0.29) is 62.6 Å². The predicted molar refractivity (Wildman–Crippen MR) is 215 cm³/mol. The molecule has 0 aromatic heterocycles. The molecule has 2 radical (unpaired) electrons. The minimum atomic E-state index is -0.958. The second-order valence-electron chi connectivity index (χ2n) is 14.0. The van der Waals surface area contributed by atoms with Gasteiger partial charge in [0.1, 0.15) is 13.1 Å². The van der Waals surface area contributed by atoms with Gasteiger partial charge in [-0.05, 0) is 64.2 Å². The fraction of sp³-hybridized carbons (Fsp3) is 0.810. The number of nitrogens with zero attached hydrogens (tertiary/aromatic N) is 2. The number of rotatable bonds is 34. The molecule has 51 heavy (non-hydrogen) atoms. The summed E-state index contributed by atoms with van der Waals surface area (Å²) in [4.78, 5) is 47.0. The van der Waals surface area contributed by atoms with E-state index in [0.29, 0.717) is 12.8 Å². The summed E-state index contributed by atoms with van der Waals surface area (Å²) in [6.07, 6.45) is 42.3. The molecule has 0 aromatic rings. The van der Waals surface area contributed by atoms with Crippen molar-refractivity contribution in [2.75, 3.05) is 27.2 Å². The van der Waals surface area contributed by atoms with Gasteiger partial charge in [-0.1, -0.05) is 141 Å². The molecular formula is C42H78CaN2O6. The molecule has 0 aliphatic rings.